The van der Waals surface area contributed by atoms with E-state index in [0.29, 0.717) is 5.13 Å². The highest BCUT2D eigenvalue weighted by Crippen LogP contribution is 2.22. The Morgan fingerprint density at radius 2 is 2.32 bits per heavy atom. The summed E-state index contributed by atoms with van der Waals surface area (Å²) in [4.78, 5) is 20.7. The largest absolute Gasteiger partial charge is 0.307 e. The van der Waals surface area contributed by atoms with Gasteiger partial charge < -0.3 is 4.57 Å². The first kappa shape index (κ1) is 14.9. The minimum absolute atomic E-state index is 0.121. The highest BCUT2D eigenvalue weighted by molar-refractivity contribution is 7.99. The molecule has 3 rings (SSSR count). The third-order valence-corrected chi connectivity index (χ3v) is 4.95. The van der Waals surface area contributed by atoms with E-state index in [1.54, 1.807) is 6.20 Å². The molecular weight excluding hydrogens is 320 g/mol. The summed E-state index contributed by atoms with van der Waals surface area (Å²) in [6, 6.07) is 3.75. The van der Waals surface area contributed by atoms with Crippen LogP contribution in [0.5, 0.6) is 0 Å². The lowest BCUT2D eigenvalue weighted by Gasteiger charge is -2.01. The molecule has 114 valence electrons. The molecule has 0 aromatic carbocycles. The fourth-order valence-corrected chi connectivity index (χ4v) is 3.34. The normalized spacial score (nSPS) is 11.0. The lowest BCUT2D eigenvalue weighted by atomic mass is 10.4. The van der Waals surface area contributed by atoms with Gasteiger partial charge in [-0.1, -0.05) is 30.0 Å². The van der Waals surface area contributed by atoms with Gasteiger partial charge in [-0.05, 0) is 18.6 Å². The fraction of sp³-hybridized carbons (Fsp3) is 0.308. The average molecular weight is 334 g/mol. The Morgan fingerprint density at radius 1 is 1.45 bits per heavy atom. The summed E-state index contributed by atoms with van der Waals surface area (Å²) < 4.78 is 1.88. The number of aryl methyl sites for hydroxylation is 2. The summed E-state index contributed by atoms with van der Waals surface area (Å²) >= 11 is 2.76. The Kier molecular flexibility index (Phi) is 4.34. The molecule has 0 aliphatic heterocycles. The average Bonchev–Trinajstić information content (AvgIpc) is 3.10. The zero-order valence-electron chi connectivity index (χ0n) is 12.1. The van der Waals surface area contributed by atoms with Gasteiger partial charge >= 0.3 is 0 Å². The molecule has 3 heterocycles. The van der Waals surface area contributed by atoms with Crippen LogP contribution < -0.4 is 5.32 Å². The standard InChI is InChI=1S/C13H14N6OS2/c1-3-10-17-18-12(22-10)16-9(20)7-21-13-15-8-5-4-6-14-11(8)19(13)2/h4-6H,3,7H2,1-2H3,(H,16,18,20). The molecule has 3 aromatic rings. The number of pyridine rings is 1. The van der Waals surface area contributed by atoms with Crippen molar-refractivity contribution in [3.05, 3.63) is 23.3 Å². The van der Waals surface area contributed by atoms with Gasteiger partial charge in [0, 0.05) is 13.2 Å². The minimum Gasteiger partial charge on any atom is -0.307 e. The third-order valence-electron chi connectivity index (χ3n) is 2.93. The third kappa shape index (κ3) is 3.09. The van der Waals surface area contributed by atoms with Crippen LogP contribution in [-0.4, -0.2) is 36.4 Å². The van der Waals surface area contributed by atoms with Crippen molar-refractivity contribution in [2.45, 2.75) is 18.5 Å². The van der Waals surface area contributed by atoms with Crippen LogP contribution in [0, 0.1) is 0 Å². The fourth-order valence-electron chi connectivity index (χ4n) is 1.86. The van der Waals surface area contributed by atoms with Crippen molar-refractivity contribution in [1.29, 1.82) is 0 Å². The topological polar surface area (TPSA) is 85.6 Å². The summed E-state index contributed by atoms with van der Waals surface area (Å²) in [5.74, 6) is 0.141. The van der Waals surface area contributed by atoms with Gasteiger partial charge in [-0.3, -0.25) is 10.1 Å². The highest BCUT2D eigenvalue weighted by atomic mass is 32.2. The Hall–Kier alpha value is -2.00. The number of carbonyl (C=O) groups excluding carboxylic acids is 1. The molecule has 0 aliphatic carbocycles. The molecule has 0 radical (unpaired) electrons. The number of hydrogen-bond acceptors (Lipinski definition) is 7. The van der Waals surface area contributed by atoms with E-state index in [4.69, 9.17) is 0 Å². The maximum absolute atomic E-state index is 12.0. The lowest BCUT2D eigenvalue weighted by Crippen LogP contribution is -2.14. The molecule has 1 amide bonds. The number of hydrogen-bond donors (Lipinski definition) is 1. The Morgan fingerprint density at radius 3 is 3.05 bits per heavy atom. The van der Waals surface area contributed by atoms with Crippen LogP contribution in [0.3, 0.4) is 0 Å². The summed E-state index contributed by atoms with van der Waals surface area (Å²) in [7, 11) is 1.89. The van der Waals surface area contributed by atoms with Crippen molar-refractivity contribution in [1.82, 2.24) is 24.7 Å². The molecule has 0 spiro atoms. The van der Waals surface area contributed by atoms with E-state index in [-0.39, 0.29) is 11.7 Å². The van der Waals surface area contributed by atoms with Crippen molar-refractivity contribution >= 4 is 45.3 Å². The van der Waals surface area contributed by atoms with Crippen molar-refractivity contribution < 1.29 is 4.79 Å². The van der Waals surface area contributed by atoms with Gasteiger partial charge in [0.2, 0.25) is 11.0 Å². The van der Waals surface area contributed by atoms with Crippen LogP contribution in [-0.2, 0) is 18.3 Å². The quantitative estimate of drug-likeness (QED) is 0.719. The summed E-state index contributed by atoms with van der Waals surface area (Å²) in [6.07, 6.45) is 2.54. The second-order valence-corrected chi connectivity index (χ2v) is 6.50. The molecular formula is C13H14N6OS2. The molecule has 0 bridgehead atoms. The van der Waals surface area contributed by atoms with Crippen LogP contribution in [0.2, 0.25) is 0 Å². The predicted molar refractivity (Wildman–Crippen MR) is 87.1 cm³/mol. The highest BCUT2D eigenvalue weighted by Gasteiger charge is 2.12. The first-order valence-corrected chi connectivity index (χ1v) is 8.50. The maximum Gasteiger partial charge on any atom is 0.236 e. The number of fused-ring (bicyclic) bond motifs is 1. The molecule has 9 heteroatoms. The van der Waals surface area contributed by atoms with E-state index in [2.05, 4.69) is 25.5 Å². The smallest absolute Gasteiger partial charge is 0.236 e. The van der Waals surface area contributed by atoms with E-state index in [1.807, 2.05) is 30.7 Å². The molecule has 0 atom stereocenters. The van der Waals surface area contributed by atoms with Crippen LogP contribution >= 0.6 is 23.1 Å². The Bertz CT molecular complexity index is 812. The summed E-state index contributed by atoms with van der Waals surface area (Å²) in [6.45, 7) is 2.00. The van der Waals surface area contributed by atoms with E-state index in [0.717, 1.165) is 27.7 Å². The van der Waals surface area contributed by atoms with Crippen molar-refractivity contribution in [2.24, 2.45) is 7.05 Å². The van der Waals surface area contributed by atoms with Gasteiger partial charge in [-0.2, -0.15) is 0 Å². The van der Waals surface area contributed by atoms with E-state index < -0.39 is 0 Å². The first-order chi connectivity index (χ1) is 10.7. The van der Waals surface area contributed by atoms with Gasteiger partial charge in [0.25, 0.3) is 0 Å². The van der Waals surface area contributed by atoms with Crippen LogP contribution in [0.1, 0.15) is 11.9 Å². The van der Waals surface area contributed by atoms with Crippen LogP contribution in [0.4, 0.5) is 5.13 Å². The number of amides is 1. The first-order valence-electron chi connectivity index (χ1n) is 6.70. The number of rotatable bonds is 5. The summed E-state index contributed by atoms with van der Waals surface area (Å²) in [5.41, 5.74) is 1.63. The summed E-state index contributed by atoms with van der Waals surface area (Å²) in [5, 5.41) is 12.9. The minimum atomic E-state index is -0.121. The zero-order valence-corrected chi connectivity index (χ0v) is 13.7. The van der Waals surface area contributed by atoms with E-state index in [9.17, 15) is 4.79 Å². The molecule has 0 fully saturated rings. The van der Waals surface area contributed by atoms with E-state index in [1.165, 1.54) is 23.1 Å². The van der Waals surface area contributed by atoms with Gasteiger partial charge in [-0.25, -0.2) is 9.97 Å². The molecule has 1 N–H and O–H groups in total. The molecule has 22 heavy (non-hydrogen) atoms. The molecule has 3 aromatic heterocycles. The monoisotopic (exact) mass is 334 g/mol. The van der Waals surface area contributed by atoms with Crippen molar-refractivity contribution in [3.8, 4) is 0 Å². The van der Waals surface area contributed by atoms with Crippen molar-refractivity contribution in [2.75, 3.05) is 11.1 Å². The number of thioether (sulfide) groups is 1. The van der Waals surface area contributed by atoms with Gasteiger partial charge in [0.1, 0.15) is 10.5 Å². The SMILES string of the molecule is CCc1nnc(NC(=O)CSc2nc3cccnc3n2C)s1. The lowest BCUT2D eigenvalue weighted by molar-refractivity contribution is -0.113. The number of carbonyl (C=O) groups is 1. The number of nitrogens with zero attached hydrogens (tertiary/aromatic N) is 5. The molecule has 7 nitrogen and oxygen atoms in total. The van der Waals surface area contributed by atoms with Gasteiger partial charge in [0.05, 0.1) is 5.75 Å². The molecule has 0 saturated heterocycles. The van der Waals surface area contributed by atoms with Crippen molar-refractivity contribution in [3.63, 3.8) is 0 Å². The number of anilines is 1. The Balaban J connectivity index is 1.63. The maximum atomic E-state index is 12.0. The molecule has 0 saturated carbocycles. The molecule has 0 aliphatic rings. The number of aromatic nitrogens is 5. The van der Waals surface area contributed by atoms with Crippen LogP contribution in [0.15, 0.2) is 23.5 Å². The Labute approximate surface area is 135 Å². The predicted octanol–water partition coefficient (Wildman–Crippen LogP) is 2.11. The zero-order chi connectivity index (χ0) is 15.5. The number of nitrogens with one attached hydrogen (secondary N) is 1. The van der Waals surface area contributed by atoms with Gasteiger partial charge in [0.15, 0.2) is 10.8 Å². The van der Waals surface area contributed by atoms with Crippen LogP contribution in [0.25, 0.3) is 11.2 Å². The molecule has 0 unspecified atom stereocenters. The van der Waals surface area contributed by atoms with Gasteiger partial charge in [-0.15, -0.1) is 10.2 Å². The second kappa shape index (κ2) is 6.41. The number of imidazole rings is 1. The van der Waals surface area contributed by atoms with E-state index >= 15 is 0 Å². The second-order valence-electron chi connectivity index (χ2n) is 4.49.